The maximum Gasteiger partial charge on any atom is 0.179 e. The first-order chi connectivity index (χ1) is 41.1. The number of hydrogen-bond donors (Lipinski definition) is 0. The molecule has 1 saturated heterocycles. The first kappa shape index (κ1) is 68.4. The van der Waals surface area contributed by atoms with Crippen molar-refractivity contribution >= 4 is 51.9 Å². The van der Waals surface area contributed by atoms with E-state index >= 15 is 4.57 Å². The molecule has 2 aliphatic rings. The van der Waals surface area contributed by atoms with Crippen LogP contribution in [0.5, 0.6) is 0 Å². The number of ether oxygens (including phenoxy) is 2. The topological polar surface area (TPSA) is 35.5 Å². The molecule has 1 aliphatic heterocycles. The van der Waals surface area contributed by atoms with E-state index in [1.165, 1.54) is 59.7 Å². The molecule has 2 unspecified atom stereocenters. The second kappa shape index (κ2) is 23.3. The summed E-state index contributed by atoms with van der Waals surface area (Å²) in [5.74, 6) is 1.48. The van der Waals surface area contributed by atoms with Gasteiger partial charge in [-0.25, -0.2) is 0 Å². The Kier molecular flexibility index (Phi) is 17.7. The first-order valence-electron chi connectivity index (χ1n) is 33.4. The molecule has 0 bridgehead atoms. The highest BCUT2D eigenvalue weighted by Gasteiger charge is 2.46. The van der Waals surface area contributed by atoms with Gasteiger partial charge >= 0.3 is 0 Å². The zero-order valence-electron chi connectivity index (χ0n) is 60.5. The fraction of sp³-hybridized carbons (Fsp3) is 0.459. The zero-order chi connectivity index (χ0) is 66.7. The van der Waals surface area contributed by atoms with E-state index in [1.807, 2.05) is 0 Å². The average molecular weight is 1240 g/mol. The summed E-state index contributed by atoms with van der Waals surface area (Å²) in [5.41, 5.74) is 12.6. The Hall–Kier alpha value is -5.93. The quantitative estimate of drug-likeness (QED) is 0.0821. The predicted molar refractivity (Wildman–Crippen MR) is 393 cm³/mol. The van der Waals surface area contributed by atoms with Crippen molar-refractivity contribution in [2.45, 2.75) is 248 Å². The Morgan fingerprint density at radius 3 is 1.11 bits per heavy atom. The minimum absolute atomic E-state index is 0.0757. The van der Waals surface area contributed by atoms with E-state index in [0.717, 1.165) is 49.7 Å². The Morgan fingerprint density at radius 2 is 0.689 bits per heavy atom. The van der Waals surface area contributed by atoms with Crippen molar-refractivity contribution in [3.05, 3.63) is 230 Å². The summed E-state index contributed by atoms with van der Waals surface area (Å²) in [6, 6.07) is 56.4. The highest BCUT2D eigenvalue weighted by Crippen LogP contribution is 2.48. The first-order valence-corrected chi connectivity index (χ1v) is 37.1. The van der Waals surface area contributed by atoms with Gasteiger partial charge in [0.05, 0.1) is 0 Å². The van der Waals surface area contributed by atoms with Crippen LogP contribution in [0.25, 0.3) is 0 Å². The van der Waals surface area contributed by atoms with Crippen LogP contribution in [-0.2, 0) is 62.8 Å². The predicted octanol–water partition coefficient (Wildman–Crippen LogP) is 19.0. The SMILES string of the molecule is CC(C)(C)c1cccc([Si](c2cc(C(C)(C)C)cc(C(C)(C)C)c2)(c2cc(C(C)(C)C)cc(C(C)(C)C)c2)c2ccc(C3C=C4OCC(c5ccc(P(=O)(c6cccc(C(C)(C)C)c6)c6cccc(C(C)(C)C)c6)cc5C(C)(C)C)OC4=C3)c(C(C)(C)C)c2)c1. The lowest BCUT2D eigenvalue weighted by atomic mass is 9.80. The monoisotopic (exact) mass is 1240 g/mol. The lowest BCUT2D eigenvalue weighted by Crippen LogP contribution is -2.75. The van der Waals surface area contributed by atoms with Crippen LogP contribution in [0.3, 0.4) is 0 Å². The molecule has 1 aliphatic carbocycles. The minimum Gasteiger partial charge on any atom is -0.486 e. The molecule has 90 heavy (non-hydrogen) atoms. The van der Waals surface area contributed by atoms with Crippen molar-refractivity contribution < 1.29 is 14.0 Å². The highest BCUT2D eigenvalue weighted by molar-refractivity contribution is 7.85. The van der Waals surface area contributed by atoms with E-state index in [0.29, 0.717) is 6.61 Å². The fourth-order valence-electron chi connectivity index (χ4n) is 13.3. The lowest BCUT2D eigenvalue weighted by molar-refractivity contribution is -0.00763. The van der Waals surface area contributed by atoms with Crippen molar-refractivity contribution in [2.75, 3.05) is 6.61 Å². The van der Waals surface area contributed by atoms with E-state index in [-0.39, 0.29) is 60.8 Å². The summed E-state index contributed by atoms with van der Waals surface area (Å²) in [7, 11) is -6.70. The second-order valence-corrected chi connectivity index (χ2v) is 42.5. The van der Waals surface area contributed by atoms with Gasteiger partial charge in [0.1, 0.15) is 6.61 Å². The van der Waals surface area contributed by atoms with Gasteiger partial charge in [0.2, 0.25) is 0 Å². The summed E-state index contributed by atoms with van der Waals surface area (Å²) >= 11 is 0. The van der Waals surface area contributed by atoms with E-state index in [9.17, 15) is 0 Å². The molecule has 1 heterocycles. The van der Waals surface area contributed by atoms with Crippen LogP contribution in [0.1, 0.15) is 260 Å². The Balaban J connectivity index is 1.24. The maximum atomic E-state index is 16.6. The van der Waals surface area contributed by atoms with Gasteiger partial charge in [-0.3, -0.25) is 0 Å². The highest BCUT2D eigenvalue weighted by atomic mass is 31.2. The van der Waals surface area contributed by atoms with Crippen molar-refractivity contribution in [1.29, 1.82) is 0 Å². The molecular weight excluding hydrogens is 1130 g/mol. The smallest absolute Gasteiger partial charge is 0.179 e. The van der Waals surface area contributed by atoms with Crippen LogP contribution in [0.15, 0.2) is 169 Å². The van der Waals surface area contributed by atoms with Crippen molar-refractivity contribution in [3.8, 4) is 0 Å². The van der Waals surface area contributed by atoms with Crippen molar-refractivity contribution in [1.82, 2.24) is 0 Å². The number of benzene rings is 7. The summed E-state index contributed by atoms with van der Waals surface area (Å²) in [6.45, 7) is 63.3. The molecule has 2 atom stereocenters. The Labute approximate surface area is 547 Å². The maximum absolute atomic E-state index is 16.6. The molecule has 478 valence electrons. The number of allylic oxidation sites excluding steroid dienone is 2. The van der Waals surface area contributed by atoms with Crippen molar-refractivity contribution in [3.63, 3.8) is 0 Å². The van der Waals surface area contributed by atoms with Crippen LogP contribution >= 0.6 is 7.14 Å². The molecule has 0 amide bonds. The number of fused-ring (bicyclic) bond motifs is 1. The molecule has 7 aromatic rings. The molecule has 0 spiro atoms. The molecule has 9 rings (SSSR count). The van der Waals surface area contributed by atoms with Crippen molar-refractivity contribution in [2.24, 2.45) is 0 Å². The Bertz CT molecular complexity index is 3770. The van der Waals surface area contributed by atoms with Gasteiger partial charge in [-0.1, -0.05) is 314 Å². The van der Waals surface area contributed by atoms with Gasteiger partial charge in [-0.15, -0.1) is 0 Å². The summed E-state index contributed by atoms with van der Waals surface area (Å²) in [5, 5.41) is 8.15. The third-order valence-corrected chi connectivity index (χ3v) is 27.0. The molecule has 7 aromatic carbocycles. The van der Waals surface area contributed by atoms with E-state index in [1.54, 1.807) is 0 Å². The van der Waals surface area contributed by atoms with Crippen LogP contribution in [0, 0.1) is 0 Å². The Morgan fingerprint density at radius 1 is 0.333 bits per heavy atom. The normalized spacial score (nSPS) is 16.7. The van der Waals surface area contributed by atoms with Crippen LogP contribution < -0.4 is 36.7 Å². The molecule has 0 aromatic heterocycles. The fourth-order valence-corrected chi connectivity index (χ4v) is 20.9. The number of hydrogen-bond acceptors (Lipinski definition) is 3. The summed E-state index contributed by atoms with van der Waals surface area (Å²) in [4.78, 5) is 0. The molecule has 5 heteroatoms. The average Bonchev–Trinajstić information content (AvgIpc) is 0.724. The van der Waals surface area contributed by atoms with Gasteiger partial charge in [0.15, 0.2) is 32.8 Å². The molecule has 0 N–H and O–H groups in total. The third kappa shape index (κ3) is 13.6. The number of rotatable bonds is 9. The largest absolute Gasteiger partial charge is 0.486 e. The molecular formula is C85H111O3PSi. The van der Waals surface area contributed by atoms with Gasteiger partial charge in [0, 0.05) is 21.8 Å². The van der Waals surface area contributed by atoms with Crippen LogP contribution in [0.4, 0.5) is 0 Å². The minimum atomic E-state index is -3.41. The van der Waals surface area contributed by atoms with Gasteiger partial charge in [-0.2, -0.15) is 0 Å². The van der Waals surface area contributed by atoms with E-state index < -0.39 is 15.2 Å². The molecule has 1 fully saturated rings. The molecule has 0 radical (unpaired) electrons. The summed E-state index contributed by atoms with van der Waals surface area (Å²) in [6.07, 6.45) is 4.21. The standard InChI is InChI=1S/C85H111O3PSi/c1-77(2,3)56-31-28-34-63(45-56)89(86,64-35-29-32-57(46-64)78(4,5)6)65-37-39-71(72(52-65)84(22,23)24)76-54-87-74-41-55(42-75(74)88-76)70-40-38-67(53-73(70)85(25,26)27)90(66-36-30-33-58(47-66)79(7,8)9,68-48-59(80(10,11)12)43-60(49-68)81(13,14)15)69-50-61(82(16,17)18)44-62(51-69)83(19,20)21/h28-53,55,76H,54H2,1-27H3. The van der Waals surface area contributed by atoms with Crippen LogP contribution in [-0.4, -0.2) is 14.7 Å². The van der Waals surface area contributed by atoms with E-state index in [2.05, 4.69) is 345 Å². The second-order valence-electron chi connectivity index (χ2n) is 36.0. The van der Waals surface area contributed by atoms with Crippen LogP contribution in [0.2, 0.25) is 0 Å². The van der Waals surface area contributed by atoms with E-state index in [4.69, 9.17) is 9.47 Å². The van der Waals surface area contributed by atoms with Gasteiger partial charge < -0.3 is 14.0 Å². The summed E-state index contributed by atoms with van der Waals surface area (Å²) < 4.78 is 30.8. The lowest BCUT2D eigenvalue weighted by Gasteiger charge is -2.40. The third-order valence-electron chi connectivity index (χ3n) is 19.3. The van der Waals surface area contributed by atoms with Gasteiger partial charge in [-0.05, 0) is 161 Å². The van der Waals surface area contributed by atoms with Gasteiger partial charge in [0.25, 0.3) is 0 Å². The zero-order valence-corrected chi connectivity index (χ0v) is 62.4. The molecule has 3 nitrogen and oxygen atoms in total. The molecule has 0 saturated carbocycles.